The quantitative estimate of drug-likeness (QED) is 0.810. The van der Waals surface area contributed by atoms with Gasteiger partial charge in [-0.1, -0.05) is 33.8 Å². The van der Waals surface area contributed by atoms with Crippen molar-refractivity contribution in [3.8, 4) is 0 Å². The lowest BCUT2D eigenvalue weighted by Crippen LogP contribution is -2.36. The molecule has 126 valence electrons. The molecule has 1 atom stereocenters. The third kappa shape index (κ3) is 3.66. The van der Waals surface area contributed by atoms with Gasteiger partial charge < -0.3 is 14.7 Å². The predicted octanol–water partition coefficient (Wildman–Crippen LogP) is 3.10. The van der Waals surface area contributed by atoms with Gasteiger partial charge in [0.05, 0.1) is 6.61 Å². The number of carbonyl (C=O) groups excluding carboxylic acids is 2. The van der Waals surface area contributed by atoms with Crippen molar-refractivity contribution in [2.75, 3.05) is 13.2 Å². The molecular weight excluding hydrogens is 294 g/mol. The smallest absolute Gasteiger partial charge is 0.358 e. The van der Waals surface area contributed by atoms with Gasteiger partial charge in [0.1, 0.15) is 5.78 Å². The Morgan fingerprint density at radius 3 is 2.65 bits per heavy atom. The molecule has 0 aromatic rings. The predicted molar refractivity (Wildman–Crippen MR) is 87.4 cm³/mol. The summed E-state index contributed by atoms with van der Waals surface area (Å²) < 4.78 is 5.10. The van der Waals surface area contributed by atoms with E-state index in [-0.39, 0.29) is 41.6 Å². The molecule has 0 fully saturated rings. The minimum Gasteiger partial charge on any atom is -0.505 e. The molecule has 2 rings (SSSR count). The molecule has 0 aromatic heterocycles. The molecule has 5 nitrogen and oxygen atoms in total. The average Bonchev–Trinajstić information content (AvgIpc) is 2.40. The van der Waals surface area contributed by atoms with Crippen molar-refractivity contribution in [3.63, 3.8) is 0 Å². The van der Waals surface area contributed by atoms with Crippen molar-refractivity contribution < 1.29 is 19.4 Å². The summed E-state index contributed by atoms with van der Waals surface area (Å²) in [6.07, 6.45) is 3.79. The van der Waals surface area contributed by atoms with Gasteiger partial charge in [0.15, 0.2) is 11.5 Å². The average molecular weight is 319 g/mol. The molecule has 0 bridgehead atoms. The Morgan fingerprint density at radius 2 is 2.09 bits per heavy atom. The molecule has 1 aliphatic heterocycles. The Hall–Kier alpha value is -2.04. The van der Waals surface area contributed by atoms with Crippen molar-refractivity contribution in [2.24, 2.45) is 11.3 Å². The summed E-state index contributed by atoms with van der Waals surface area (Å²) in [6.45, 7) is 10.4. The molecule has 5 heteroatoms. The van der Waals surface area contributed by atoms with Crippen LogP contribution in [0.25, 0.3) is 0 Å². The van der Waals surface area contributed by atoms with Crippen LogP contribution in [0.15, 0.2) is 34.9 Å². The minimum atomic E-state index is -0.546. The molecule has 1 aliphatic carbocycles. The zero-order chi connectivity index (χ0) is 17.4. The number of aliphatic hydroxyl groups is 1. The second-order valence-corrected chi connectivity index (χ2v) is 7.27. The van der Waals surface area contributed by atoms with E-state index in [4.69, 9.17) is 4.74 Å². The summed E-state index contributed by atoms with van der Waals surface area (Å²) in [4.78, 5) is 26.0. The molecule has 1 N–H and O–H groups in total. The van der Waals surface area contributed by atoms with Crippen molar-refractivity contribution in [1.82, 2.24) is 4.90 Å². The summed E-state index contributed by atoms with van der Waals surface area (Å²) in [5.74, 6) is -0.787. The second kappa shape index (κ2) is 6.22. The number of rotatable bonds is 3. The van der Waals surface area contributed by atoms with Gasteiger partial charge >= 0.3 is 5.97 Å². The van der Waals surface area contributed by atoms with Crippen LogP contribution in [0.3, 0.4) is 0 Å². The number of nitrogens with zero attached hydrogens (tertiary/aromatic N) is 1. The summed E-state index contributed by atoms with van der Waals surface area (Å²) >= 11 is 0. The van der Waals surface area contributed by atoms with Crippen molar-refractivity contribution >= 4 is 11.8 Å². The largest absolute Gasteiger partial charge is 0.505 e. The highest BCUT2D eigenvalue weighted by atomic mass is 16.5. The minimum absolute atomic E-state index is 0.0930. The van der Waals surface area contributed by atoms with Gasteiger partial charge in [-0.15, -0.1) is 0 Å². The maximum Gasteiger partial charge on any atom is 0.358 e. The highest BCUT2D eigenvalue weighted by Gasteiger charge is 2.35. The molecule has 0 amide bonds. The Balaban J connectivity index is 2.51. The number of ether oxygens (including phenoxy) is 1. The summed E-state index contributed by atoms with van der Waals surface area (Å²) in [6, 6.07) is 0. The van der Waals surface area contributed by atoms with Crippen molar-refractivity contribution in [2.45, 2.75) is 41.0 Å². The van der Waals surface area contributed by atoms with Gasteiger partial charge in [-0.2, -0.15) is 0 Å². The standard InChI is InChI=1S/C18H25NO4/c1-6-23-17(22)15-16(21)13-7-11(2)14(20)8-12(13)9-19(15)10-18(3,4)5/h7,9,11,21H,6,8,10H2,1-5H3. The third-order valence-corrected chi connectivity index (χ3v) is 3.83. The Morgan fingerprint density at radius 1 is 1.43 bits per heavy atom. The third-order valence-electron chi connectivity index (χ3n) is 3.83. The maximum absolute atomic E-state index is 12.3. The van der Waals surface area contributed by atoms with Gasteiger partial charge in [0.25, 0.3) is 0 Å². The van der Waals surface area contributed by atoms with Gasteiger partial charge in [-0.3, -0.25) is 4.79 Å². The van der Waals surface area contributed by atoms with Crippen LogP contribution in [0.1, 0.15) is 41.0 Å². The molecule has 2 aliphatic rings. The fourth-order valence-electron chi connectivity index (χ4n) is 2.81. The van der Waals surface area contributed by atoms with Crippen LogP contribution < -0.4 is 0 Å². The topological polar surface area (TPSA) is 66.8 Å². The van der Waals surface area contributed by atoms with Crippen molar-refractivity contribution in [3.05, 3.63) is 34.9 Å². The lowest BCUT2D eigenvalue weighted by molar-refractivity contribution is -0.140. The molecule has 23 heavy (non-hydrogen) atoms. The van der Waals surface area contributed by atoms with E-state index in [1.165, 1.54) is 0 Å². The SMILES string of the molecule is CCOC(=O)C1=C(O)C2=CC(C)C(=O)CC2=CN1CC(C)(C)C. The number of fused-ring (bicyclic) bond motifs is 1. The fourth-order valence-corrected chi connectivity index (χ4v) is 2.81. The monoisotopic (exact) mass is 319 g/mol. The number of hydrogen-bond donors (Lipinski definition) is 1. The first kappa shape index (κ1) is 17.3. The van der Waals surface area contributed by atoms with E-state index >= 15 is 0 Å². The van der Waals surface area contributed by atoms with Crippen LogP contribution in [0.4, 0.5) is 0 Å². The van der Waals surface area contributed by atoms with E-state index in [0.717, 1.165) is 5.57 Å². The first-order chi connectivity index (χ1) is 10.6. The summed E-state index contributed by atoms with van der Waals surface area (Å²) in [5, 5.41) is 10.6. The first-order valence-corrected chi connectivity index (χ1v) is 7.97. The van der Waals surface area contributed by atoms with E-state index in [1.54, 1.807) is 31.0 Å². The number of carbonyl (C=O) groups is 2. The molecule has 0 spiro atoms. The highest BCUT2D eigenvalue weighted by Crippen LogP contribution is 2.37. The van der Waals surface area contributed by atoms with Gasteiger partial charge in [0, 0.05) is 30.7 Å². The summed E-state index contributed by atoms with van der Waals surface area (Å²) in [7, 11) is 0. The lowest BCUT2D eigenvalue weighted by Gasteiger charge is -2.35. The van der Waals surface area contributed by atoms with Crippen LogP contribution in [-0.2, 0) is 14.3 Å². The van der Waals surface area contributed by atoms with Crippen LogP contribution in [0.5, 0.6) is 0 Å². The van der Waals surface area contributed by atoms with Crippen LogP contribution >= 0.6 is 0 Å². The van der Waals surface area contributed by atoms with Gasteiger partial charge in [-0.25, -0.2) is 4.79 Å². The van der Waals surface area contributed by atoms with E-state index in [9.17, 15) is 14.7 Å². The van der Waals surface area contributed by atoms with Crippen LogP contribution in [-0.4, -0.2) is 34.9 Å². The number of Topliss-reactive ketones (excluding diaryl/α,β-unsaturated/α-hetero) is 1. The van der Waals surface area contributed by atoms with E-state index < -0.39 is 5.97 Å². The van der Waals surface area contributed by atoms with E-state index in [0.29, 0.717) is 12.1 Å². The maximum atomic E-state index is 12.3. The van der Waals surface area contributed by atoms with Crippen LogP contribution in [0.2, 0.25) is 0 Å². The zero-order valence-corrected chi connectivity index (χ0v) is 14.5. The zero-order valence-electron chi connectivity index (χ0n) is 14.5. The Bertz CT molecular complexity index is 619. The molecule has 0 saturated carbocycles. The van der Waals surface area contributed by atoms with E-state index in [2.05, 4.69) is 0 Å². The Labute approximate surface area is 137 Å². The molecule has 1 unspecified atom stereocenters. The number of esters is 1. The van der Waals surface area contributed by atoms with E-state index in [1.807, 2.05) is 20.8 Å². The van der Waals surface area contributed by atoms with Crippen molar-refractivity contribution in [1.29, 1.82) is 0 Å². The molecule has 1 heterocycles. The first-order valence-electron chi connectivity index (χ1n) is 7.97. The molecule has 0 aromatic carbocycles. The number of allylic oxidation sites excluding steroid dienone is 2. The van der Waals surface area contributed by atoms with Crippen LogP contribution in [0, 0.1) is 11.3 Å². The Kier molecular flexibility index (Phi) is 4.68. The van der Waals surface area contributed by atoms with Gasteiger partial charge in [0.2, 0.25) is 0 Å². The highest BCUT2D eigenvalue weighted by molar-refractivity contribution is 5.93. The normalized spacial score (nSPS) is 21.7. The molecule has 0 radical (unpaired) electrons. The summed E-state index contributed by atoms with van der Waals surface area (Å²) in [5.41, 5.74) is 1.38. The number of hydrogen-bond acceptors (Lipinski definition) is 5. The van der Waals surface area contributed by atoms with Gasteiger partial charge in [-0.05, 0) is 17.9 Å². The molecule has 0 saturated heterocycles. The second-order valence-electron chi connectivity index (χ2n) is 7.27. The molecular formula is C18H25NO4. The fraction of sp³-hybridized carbons (Fsp3) is 0.556. The number of ketones is 1. The number of aliphatic hydroxyl groups excluding tert-OH is 1. The lowest BCUT2D eigenvalue weighted by atomic mass is 9.83.